The second kappa shape index (κ2) is 9.23. The van der Waals surface area contributed by atoms with E-state index in [2.05, 4.69) is 27.3 Å². The van der Waals surface area contributed by atoms with Gasteiger partial charge < -0.3 is 24.6 Å². The van der Waals surface area contributed by atoms with Crippen molar-refractivity contribution in [2.45, 2.75) is 6.04 Å². The van der Waals surface area contributed by atoms with Gasteiger partial charge in [0.15, 0.2) is 0 Å². The van der Waals surface area contributed by atoms with Crippen molar-refractivity contribution in [3.63, 3.8) is 0 Å². The standard InChI is InChI=1S/C20H26N4O3/c1-26-19-8-4-3-7-17(19)23-10-12-24(13-11-23)18(15-22-20(25)27-2)16-6-5-9-21-14-16/h3-9,14,18H,10-13,15H2,1-2H3,(H,22,25)/p+1. The van der Waals surface area contributed by atoms with Gasteiger partial charge in [-0.1, -0.05) is 12.1 Å². The van der Waals surface area contributed by atoms with Gasteiger partial charge >= 0.3 is 6.09 Å². The molecule has 0 radical (unpaired) electrons. The number of aromatic nitrogens is 1. The van der Waals surface area contributed by atoms with E-state index in [0.29, 0.717) is 6.54 Å². The fourth-order valence-corrected chi connectivity index (χ4v) is 3.61. The molecule has 1 aromatic carbocycles. The number of piperazine rings is 1. The van der Waals surface area contributed by atoms with Crippen molar-refractivity contribution >= 4 is 11.8 Å². The van der Waals surface area contributed by atoms with Crippen molar-refractivity contribution in [1.82, 2.24) is 10.3 Å². The van der Waals surface area contributed by atoms with Gasteiger partial charge in [0.1, 0.15) is 11.8 Å². The number of nitrogens with zero attached hydrogens (tertiary/aromatic N) is 2. The van der Waals surface area contributed by atoms with Crippen LogP contribution in [-0.2, 0) is 4.74 Å². The topological polar surface area (TPSA) is 68.1 Å². The molecule has 7 nitrogen and oxygen atoms in total. The normalized spacial score (nSPS) is 15.9. The Morgan fingerprint density at radius 1 is 1.22 bits per heavy atom. The minimum Gasteiger partial charge on any atom is -0.495 e. The van der Waals surface area contributed by atoms with E-state index in [4.69, 9.17) is 9.47 Å². The SMILES string of the molecule is COC(=O)NCC(c1cccnc1)[NH+]1CCN(c2ccccc2OC)CC1. The summed E-state index contributed by atoms with van der Waals surface area (Å²) in [7, 11) is 3.09. The predicted octanol–water partition coefficient (Wildman–Crippen LogP) is 0.892. The average Bonchev–Trinajstić information content (AvgIpc) is 2.75. The van der Waals surface area contributed by atoms with Crippen molar-refractivity contribution < 1.29 is 19.2 Å². The molecular weight excluding hydrogens is 344 g/mol. The Morgan fingerprint density at radius 2 is 2.00 bits per heavy atom. The molecule has 0 saturated carbocycles. The highest BCUT2D eigenvalue weighted by Crippen LogP contribution is 2.27. The molecule has 144 valence electrons. The largest absolute Gasteiger partial charge is 0.495 e. The Bertz CT molecular complexity index is 733. The minimum absolute atomic E-state index is 0.137. The summed E-state index contributed by atoms with van der Waals surface area (Å²) in [4.78, 5) is 19.6. The van der Waals surface area contributed by atoms with Crippen molar-refractivity contribution in [3.8, 4) is 5.75 Å². The van der Waals surface area contributed by atoms with E-state index in [1.54, 1.807) is 13.3 Å². The van der Waals surface area contributed by atoms with Gasteiger partial charge in [-0.3, -0.25) is 4.98 Å². The molecule has 3 rings (SSSR count). The number of carbonyl (C=O) groups is 1. The number of pyridine rings is 1. The first-order valence-corrected chi connectivity index (χ1v) is 9.17. The first kappa shape index (κ1) is 19.0. The van der Waals surface area contributed by atoms with Crippen molar-refractivity contribution in [2.24, 2.45) is 0 Å². The van der Waals surface area contributed by atoms with Gasteiger partial charge in [0.05, 0.1) is 52.6 Å². The van der Waals surface area contributed by atoms with Crippen LogP contribution in [0, 0.1) is 0 Å². The summed E-state index contributed by atoms with van der Waals surface area (Å²) in [5.41, 5.74) is 2.25. The number of ether oxygens (including phenoxy) is 2. The van der Waals surface area contributed by atoms with Crippen LogP contribution in [0.4, 0.5) is 10.5 Å². The van der Waals surface area contributed by atoms with Gasteiger partial charge in [-0.2, -0.15) is 0 Å². The first-order valence-electron chi connectivity index (χ1n) is 9.17. The number of anilines is 1. The zero-order valence-corrected chi connectivity index (χ0v) is 15.9. The second-order valence-corrected chi connectivity index (χ2v) is 6.53. The number of rotatable bonds is 6. The Hall–Kier alpha value is -2.80. The Labute approximate surface area is 159 Å². The van der Waals surface area contributed by atoms with Crippen LogP contribution in [0.15, 0.2) is 48.8 Å². The van der Waals surface area contributed by atoms with E-state index in [1.165, 1.54) is 12.0 Å². The molecule has 0 spiro atoms. The lowest BCUT2D eigenvalue weighted by Gasteiger charge is -2.38. The molecular formula is C20H27N4O3+. The monoisotopic (exact) mass is 371 g/mol. The molecule has 1 amide bonds. The van der Waals surface area contributed by atoms with Crippen molar-refractivity contribution in [1.29, 1.82) is 0 Å². The number of hydrogen-bond acceptors (Lipinski definition) is 5. The molecule has 1 saturated heterocycles. The van der Waals surface area contributed by atoms with Gasteiger partial charge in [-0.25, -0.2) is 4.79 Å². The molecule has 1 atom stereocenters. The van der Waals surface area contributed by atoms with Crippen molar-refractivity contribution in [3.05, 3.63) is 54.4 Å². The number of carbonyl (C=O) groups excluding carboxylic acids is 1. The van der Waals surface area contributed by atoms with E-state index >= 15 is 0 Å². The molecule has 1 aromatic heterocycles. The Morgan fingerprint density at radius 3 is 2.67 bits per heavy atom. The lowest BCUT2D eigenvalue weighted by atomic mass is 10.1. The molecule has 1 aliphatic heterocycles. The first-order chi connectivity index (χ1) is 13.2. The van der Waals surface area contributed by atoms with Crippen LogP contribution in [0.25, 0.3) is 0 Å². The second-order valence-electron chi connectivity index (χ2n) is 6.53. The lowest BCUT2D eigenvalue weighted by Crippen LogP contribution is -3.15. The molecule has 7 heteroatoms. The number of alkyl carbamates (subject to hydrolysis) is 1. The van der Waals surface area contributed by atoms with Crippen LogP contribution in [0.3, 0.4) is 0 Å². The maximum atomic E-state index is 11.6. The number of quaternary nitrogens is 1. The van der Waals surface area contributed by atoms with Crippen LogP contribution in [0.1, 0.15) is 11.6 Å². The summed E-state index contributed by atoms with van der Waals surface area (Å²) in [6, 6.07) is 12.3. The van der Waals surface area contributed by atoms with Crippen LogP contribution in [-0.4, -0.2) is 58.0 Å². The fourth-order valence-electron chi connectivity index (χ4n) is 3.61. The van der Waals surface area contributed by atoms with Crippen LogP contribution in [0.2, 0.25) is 0 Å². The van der Waals surface area contributed by atoms with Crippen LogP contribution < -0.4 is 19.9 Å². The number of benzene rings is 1. The molecule has 1 unspecified atom stereocenters. The lowest BCUT2D eigenvalue weighted by molar-refractivity contribution is -0.931. The van der Waals surface area contributed by atoms with E-state index < -0.39 is 6.09 Å². The van der Waals surface area contributed by atoms with Gasteiger partial charge in [0, 0.05) is 18.0 Å². The third-order valence-electron chi connectivity index (χ3n) is 5.05. The number of para-hydroxylation sites is 2. The zero-order valence-electron chi connectivity index (χ0n) is 15.9. The molecule has 2 N–H and O–H groups in total. The van der Waals surface area contributed by atoms with Crippen LogP contribution >= 0.6 is 0 Å². The molecule has 0 aliphatic carbocycles. The summed E-state index contributed by atoms with van der Waals surface area (Å²) in [5.74, 6) is 0.900. The summed E-state index contributed by atoms with van der Waals surface area (Å²) in [6.45, 7) is 4.28. The van der Waals surface area contributed by atoms with Crippen molar-refractivity contribution in [2.75, 3.05) is 51.8 Å². The molecule has 2 aromatic rings. The van der Waals surface area contributed by atoms with E-state index in [9.17, 15) is 4.79 Å². The maximum Gasteiger partial charge on any atom is 0.407 e. The number of amides is 1. The quantitative estimate of drug-likeness (QED) is 0.790. The Kier molecular flexibility index (Phi) is 6.49. The number of nitrogens with one attached hydrogen (secondary N) is 2. The molecule has 2 heterocycles. The van der Waals surface area contributed by atoms with Gasteiger partial charge in [0.2, 0.25) is 0 Å². The minimum atomic E-state index is -0.407. The van der Waals surface area contributed by atoms with Crippen LogP contribution in [0.5, 0.6) is 5.75 Å². The smallest absolute Gasteiger partial charge is 0.407 e. The van der Waals surface area contributed by atoms with Gasteiger partial charge in [0.25, 0.3) is 0 Å². The van der Waals surface area contributed by atoms with E-state index in [-0.39, 0.29) is 6.04 Å². The zero-order chi connectivity index (χ0) is 19.1. The third kappa shape index (κ3) is 4.68. The highest BCUT2D eigenvalue weighted by Gasteiger charge is 2.30. The summed E-state index contributed by atoms with van der Waals surface area (Å²) in [5, 5.41) is 2.85. The molecule has 0 bridgehead atoms. The number of hydrogen-bond donors (Lipinski definition) is 2. The van der Waals surface area contributed by atoms with Gasteiger partial charge in [-0.05, 0) is 24.3 Å². The summed E-state index contributed by atoms with van der Waals surface area (Å²) in [6.07, 6.45) is 3.24. The summed E-state index contributed by atoms with van der Waals surface area (Å²) >= 11 is 0. The highest BCUT2D eigenvalue weighted by molar-refractivity contribution is 5.66. The van der Waals surface area contributed by atoms with E-state index in [1.807, 2.05) is 30.5 Å². The number of methoxy groups -OCH3 is 2. The van der Waals surface area contributed by atoms with E-state index in [0.717, 1.165) is 43.2 Å². The highest BCUT2D eigenvalue weighted by atomic mass is 16.5. The third-order valence-corrected chi connectivity index (χ3v) is 5.05. The molecule has 1 aliphatic rings. The molecule has 27 heavy (non-hydrogen) atoms. The Balaban J connectivity index is 1.69. The predicted molar refractivity (Wildman–Crippen MR) is 103 cm³/mol. The molecule has 1 fully saturated rings. The maximum absolute atomic E-state index is 11.6. The van der Waals surface area contributed by atoms with Gasteiger partial charge in [-0.15, -0.1) is 0 Å². The average molecular weight is 371 g/mol. The summed E-state index contributed by atoms with van der Waals surface area (Å²) < 4.78 is 10.2. The fraction of sp³-hybridized carbons (Fsp3) is 0.400.